The lowest BCUT2D eigenvalue weighted by Gasteiger charge is -2.08. The van der Waals surface area contributed by atoms with Gasteiger partial charge < -0.3 is 14.9 Å². The van der Waals surface area contributed by atoms with Crippen LogP contribution in [0.3, 0.4) is 0 Å². The van der Waals surface area contributed by atoms with Crippen LogP contribution >= 0.6 is 0 Å². The molecule has 170 valence electrons. The monoisotopic (exact) mass is 456 g/mol. The van der Waals surface area contributed by atoms with E-state index in [2.05, 4.69) is 0 Å². The third kappa shape index (κ3) is 4.04. The van der Waals surface area contributed by atoms with Gasteiger partial charge in [-0.2, -0.15) is 0 Å². The number of hydrogen-bond donors (Lipinski definition) is 2. The van der Waals surface area contributed by atoms with Gasteiger partial charge in [-0.15, -0.1) is 0 Å². The number of carboxylic acid groups (broad SMARTS) is 1. The first-order chi connectivity index (χ1) is 16.3. The van der Waals surface area contributed by atoms with Crippen LogP contribution in [0.15, 0.2) is 77.8 Å². The van der Waals surface area contributed by atoms with Crippen LogP contribution in [0.4, 0.5) is 5.69 Å². The average Bonchev–Trinajstić information content (AvgIpc) is 3.13. The van der Waals surface area contributed by atoms with Crippen LogP contribution in [-0.2, 0) is 4.74 Å². The molecular formula is C26H20N2O6. The predicted molar refractivity (Wildman–Crippen MR) is 126 cm³/mol. The number of aromatic nitrogens is 1. The molecule has 0 spiro atoms. The normalized spacial score (nSPS) is 11.4. The van der Waals surface area contributed by atoms with Gasteiger partial charge in [-0.1, -0.05) is 36.4 Å². The number of carbonyl (C=O) groups excluding carboxylic acids is 2. The highest BCUT2D eigenvalue weighted by molar-refractivity contribution is 6.23. The van der Waals surface area contributed by atoms with E-state index in [0.29, 0.717) is 33.4 Å². The lowest BCUT2D eigenvalue weighted by Crippen LogP contribution is -2.07. The van der Waals surface area contributed by atoms with Crippen molar-refractivity contribution in [3.63, 3.8) is 0 Å². The number of aliphatic imine (C=N–C) groups is 1. The molecule has 0 aliphatic heterocycles. The number of esters is 1. The second-order valence-corrected chi connectivity index (χ2v) is 7.46. The quantitative estimate of drug-likeness (QED) is 0.333. The van der Waals surface area contributed by atoms with Gasteiger partial charge in [-0.3, -0.25) is 9.36 Å². The van der Waals surface area contributed by atoms with E-state index >= 15 is 0 Å². The number of hydrogen-bond acceptors (Lipinski definition) is 6. The smallest absolute Gasteiger partial charge is 0.337 e. The van der Waals surface area contributed by atoms with E-state index in [1.54, 1.807) is 24.3 Å². The molecule has 1 heterocycles. The highest BCUT2D eigenvalue weighted by Gasteiger charge is 2.25. The minimum Gasteiger partial charge on any atom is -0.494 e. The van der Waals surface area contributed by atoms with Crippen LogP contribution in [0.2, 0.25) is 0 Å². The van der Waals surface area contributed by atoms with E-state index in [0.717, 1.165) is 4.57 Å². The van der Waals surface area contributed by atoms with Gasteiger partial charge in [0.1, 0.15) is 0 Å². The number of aromatic carboxylic acids is 1. The third-order valence-corrected chi connectivity index (χ3v) is 5.32. The minimum atomic E-state index is -1.05. The number of benzene rings is 3. The summed E-state index contributed by atoms with van der Waals surface area (Å²) in [6, 6.07) is 19.7. The van der Waals surface area contributed by atoms with Crippen molar-refractivity contribution in [2.45, 2.75) is 6.92 Å². The molecule has 4 rings (SSSR count). The third-order valence-electron chi connectivity index (χ3n) is 5.32. The molecule has 4 aromatic rings. The van der Waals surface area contributed by atoms with E-state index in [-0.39, 0.29) is 17.0 Å². The number of aromatic hydroxyl groups is 1. The highest BCUT2D eigenvalue weighted by Crippen LogP contribution is 2.35. The first-order valence-electron chi connectivity index (χ1n) is 10.3. The summed E-state index contributed by atoms with van der Waals surface area (Å²) in [6.07, 6.45) is 0. The standard InChI is InChI=1S/C26H20N2O6/c1-15(29)28-21-14-18(26(33)34-2)10-13-20(21)22(24(28)30)23(16-6-4-3-5-7-16)27-19-11-8-17(9-12-19)25(31)32/h3-14,30H,1-2H3,(H,31,32). The molecule has 0 radical (unpaired) electrons. The minimum absolute atomic E-state index is 0.117. The van der Waals surface area contributed by atoms with Crippen LogP contribution in [0.5, 0.6) is 5.88 Å². The van der Waals surface area contributed by atoms with Crippen molar-refractivity contribution in [1.29, 1.82) is 0 Å². The van der Waals surface area contributed by atoms with Crippen molar-refractivity contribution >= 4 is 40.1 Å². The van der Waals surface area contributed by atoms with Crippen molar-refractivity contribution in [2.24, 2.45) is 4.99 Å². The summed E-state index contributed by atoms with van der Waals surface area (Å²) in [5.74, 6) is -2.40. The van der Waals surface area contributed by atoms with Crippen LogP contribution in [0.25, 0.3) is 10.9 Å². The first-order valence-corrected chi connectivity index (χ1v) is 10.3. The Labute approximate surface area is 194 Å². The molecular weight excluding hydrogens is 436 g/mol. The Bertz CT molecular complexity index is 1450. The Hall–Kier alpha value is -4.72. The molecule has 0 amide bonds. The molecule has 0 unspecified atom stereocenters. The van der Waals surface area contributed by atoms with Crippen molar-refractivity contribution in [1.82, 2.24) is 4.57 Å². The molecule has 0 fully saturated rings. The number of carboxylic acids is 1. The van der Waals surface area contributed by atoms with Crippen LogP contribution < -0.4 is 0 Å². The lowest BCUT2D eigenvalue weighted by atomic mass is 10.00. The van der Waals surface area contributed by atoms with E-state index in [4.69, 9.17) is 14.8 Å². The Balaban J connectivity index is 2.01. The van der Waals surface area contributed by atoms with Crippen molar-refractivity contribution in [2.75, 3.05) is 7.11 Å². The first kappa shape index (κ1) is 22.5. The number of methoxy groups -OCH3 is 1. The van der Waals surface area contributed by atoms with Gasteiger partial charge in [0.05, 0.1) is 40.7 Å². The van der Waals surface area contributed by atoms with E-state index in [1.165, 1.54) is 32.2 Å². The Morgan fingerprint density at radius 3 is 2.12 bits per heavy atom. The average molecular weight is 456 g/mol. The maximum Gasteiger partial charge on any atom is 0.337 e. The Morgan fingerprint density at radius 2 is 1.53 bits per heavy atom. The van der Waals surface area contributed by atoms with Crippen molar-refractivity contribution in [3.05, 3.63) is 95.1 Å². The molecule has 0 saturated carbocycles. The van der Waals surface area contributed by atoms with Crippen LogP contribution in [0.1, 0.15) is 43.6 Å². The number of carbonyl (C=O) groups is 3. The summed E-state index contributed by atoms with van der Waals surface area (Å²) in [4.78, 5) is 40.4. The van der Waals surface area contributed by atoms with E-state index in [9.17, 15) is 19.5 Å². The maximum atomic E-state index is 12.5. The predicted octanol–water partition coefficient (Wildman–Crippen LogP) is 4.66. The fraction of sp³-hybridized carbons (Fsp3) is 0.0769. The highest BCUT2D eigenvalue weighted by atomic mass is 16.5. The van der Waals surface area contributed by atoms with Gasteiger partial charge in [-0.25, -0.2) is 14.6 Å². The van der Waals surface area contributed by atoms with Gasteiger partial charge in [0.2, 0.25) is 11.8 Å². The van der Waals surface area contributed by atoms with Gasteiger partial charge >= 0.3 is 11.9 Å². The zero-order valence-electron chi connectivity index (χ0n) is 18.4. The van der Waals surface area contributed by atoms with Crippen LogP contribution in [-0.4, -0.2) is 45.4 Å². The second-order valence-electron chi connectivity index (χ2n) is 7.46. The molecule has 0 saturated heterocycles. The zero-order valence-corrected chi connectivity index (χ0v) is 18.4. The summed E-state index contributed by atoms with van der Waals surface area (Å²) >= 11 is 0. The number of fused-ring (bicyclic) bond motifs is 1. The second kappa shape index (κ2) is 9.03. The van der Waals surface area contributed by atoms with Gasteiger partial charge in [0.15, 0.2) is 0 Å². The summed E-state index contributed by atoms with van der Waals surface area (Å²) in [5, 5.41) is 20.8. The largest absolute Gasteiger partial charge is 0.494 e. The van der Waals surface area contributed by atoms with Gasteiger partial charge in [0, 0.05) is 17.9 Å². The number of nitrogens with zero attached hydrogens (tertiary/aromatic N) is 2. The molecule has 0 aliphatic carbocycles. The van der Waals surface area contributed by atoms with E-state index in [1.807, 2.05) is 30.3 Å². The van der Waals surface area contributed by atoms with Gasteiger partial charge in [0.25, 0.3) is 0 Å². The van der Waals surface area contributed by atoms with Crippen molar-refractivity contribution < 1.29 is 29.3 Å². The number of rotatable bonds is 5. The Morgan fingerprint density at radius 1 is 0.882 bits per heavy atom. The molecule has 0 bridgehead atoms. The fourth-order valence-electron chi connectivity index (χ4n) is 3.74. The summed E-state index contributed by atoms with van der Waals surface area (Å²) < 4.78 is 5.90. The maximum absolute atomic E-state index is 12.5. The van der Waals surface area contributed by atoms with Crippen LogP contribution in [0, 0.1) is 0 Å². The molecule has 34 heavy (non-hydrogen) atoms. The SMILES string of the molecule is COC(=O)c1ccc2c(C(=Nc3ccc(C(=O)O)cc3)c3ccccc3)c(O)n(C(C)=O)c2c1. The molecule has 8 heteroatoms. The molecule has 0 atom stereocenters. The topological polar surface area (TPSA) is 118 Å². The number of ether oxygens (including phenoxy) is 1. The van der Waals surface area contributed by atoms with E-state index < -0.39 is 17.8 Å². The summed E-state index contributed by atoms with van der Waals surface area (Å²) in [7, 11) is 1.26. The molecule has 1 aromatic heterocycles. The molecule has 0 aliphatic rings. The molecule has 8 nitrogen and oxygen atoms in total. The molecule has 2 N–H and O–H groups in total. The van der Waals surface area contributed by atoms with Gasteiger partial charge in [-0.05, 0) is 36.4 Å². The van der Waals surface area contributed by atoms with Crippen molar-refractivity contribution in [3.8, 4) is 5.88 Å². The lowest BCUT2D eigenvalue weighted by molar-refractivity contribution is 0.0599. The Kier molecular flexibility index (Phi) is 5.97. The summed E-state index contributed by atoms with van der Waals surface area (Å²) in [6.45, 7) is 1.30. The molecule has 3 aromatic carbocycles. The zero-order chi connectivity index (χ0) is 24.4. The fourth-order valence-corrected chi connectivity index (χ4v) is 3.74. The summed E-state index contributed by atoms with van der Waals surface area (Å²) in [5.41, 5.74) is 2.47.